The third kappa shape index (κ3) is 4.75. The Morgan fingerprint density at radius 1 is 1.21 bits per heavy atom. The zero-order valence-electron chi connectivity index (χ0n) is 20.8. The maximum absolute atomic E-state index is 14.8. The first-order valence-electron chi connectivity index (χ1n) is 11.7. The summed E-state index contributed by atoms with van der Waals surface area (Å²) in [7, 11) is 1.28. The zero-order valence-corrected chi connectivity index (χ0v) is 21.6. The van der Waals surface area contributed by atoms with Crippen LogP contribution in [0.2, 0.25) is 0 Å². The van der Waals surface area contributed by atoms with Crippen LogP contribution in [-0.4, -0.2) is 52.7 Å². The van der Waals surface area contributed by atoms with Gasteiger partial charge in [-0.25, -0.2) is 14.4 Å². The van der Waals surface area contributed by atoms with E-state index in [2.05, 4.69) is 20.6 Å². The van der Waals surface area contributed by atoms with Crippen molar-refractivity contribution in [3.63, 3.8) is 0 Å². The highest BCUT2D eigenvalue weighted by molar-refractivity contribution is 5.97. The summed E-state index contributed by atoms with van der Waals surface area (Å²) in [5, 5.41) is 6.22. The third-order valence-electron chi connectivity index (χ3n) is 6.49. The Hall–Kier alpha value is -3.80. The van der Waals surface area contributed by atoms with Crippen LogP contribution in [0.25, 0.3) is 16.9 Å². The second-order valence-electron chi connectivity index (χ2n) is 8.84. The molecule has 12 heteroatoms. The second-order valence-corrected chi connectivity index (χ2v) is 8.84. The number of aromatic nitrogens is 3. The molecule has 4 aromatic rings. The Morgan fingerprint density at radius 2 is 2.00 bits per heavy atom. The number of carbonyl (C=O) groups excluding carboxylic acids is 1. The highest BCUT2D eigenvalue weighted by atomic mass is 35.5. The molecule has 3 heterocycles. The molecule has 0 aliphatic carbocycles. The van der Waals surface area contributed by atoms with Crippen LogP contribution in [0.1, 0.15) is 22.8 Å². The molecule has 0 saturated carbocycles. The van der Waals surface area contributed by atoms with E-state index in [0.717, 1.165) is 5.56 Å². The van der Waals surface area contributed by atoms with Crippen LogP contribution in [0, 0.1) is 11.6 Å². The summed E-state index contributed by atoms with van der Waals surface area (Å²) in [6, 6.07) is 8.19. The Labute approximate surface area is 223 Å². The van der Waals surface area contributed by atoms with Crippen LogP contribution >= 0.6 is 12.4 Å². The molecule has 5 rings (SSSR count). The number of aryl methyl sites for hydroxylation is 1. The van der Waals surface area contributed by atoms with Crippen LogP contribution in [0.15, 0.2) is 48.9 Å². The van der Waals surface area contributed by atoms with Gasteiger partial charge in [0.2, 0.25) is 5.82 Å². The van der Waals surface area contributed by atoms with Crippen LogP contribution in [-0.2, 0) is 11.2 Å². The van der Waals surface area contributed by atoms with Crippen molar-refractivity contribution in [3.8, 4) is 17.0 Å². The first-order chi connectivity index (χ1) is 17.9. The zero-order chi connectivity index (χ0) is 26.2. The average Bonchev–Trinajstić information content (AvgIpc) is 3.32. The summed E-state index contributed by atoms with van der Waals surface area (Å²) in [6.45, 7) is 3.05. The van der Waals surface area contributed by atoms with E-state index < -0.39 is 17.2 Å². The number of nitrogens with two attached hydrogens (primary N) is 1. The molecule has 2 aromatic carbocycles. The molecule has 1 saturated heterocycles. The van der Waals surface area contributed by atoms with Crippen molar-refractivity contribution in [2.75, 3.05) is 32.2 Å². The molecule has 4 N–H and O–H groups in total. The molecule has 200 valence electrons. The Balaban J connectivity index is 0.00000336. The number of fused-ring (bicyclic) bond motifs is 1. The van der Waals surface area contributed by atoms with Crippen molar-refractivity contribution in [1.82, 2.24) is 19.7 Å². The van der Waals surface area contributed by atoms with E-state index in [4.69, 9.17) is 15.2 Å². The maximum atomic E-state index is 14.8. The van der Waals surface area contributed by atoms with E-state index in [0.29, 0.717) is 54.6 Å². The van der Waals surface area contributed by atoms with Gasteiger partial charge in [0.05, 0.1) is 37.8 Å². The van der Waals surface area contributed by atoms with Gasteiger partial charge in [0, 0.05) is 35.8 Å². The van der Waals surface area contributed by atoms with Gasteiger partial charge in [-0.2, -0.15) is 4.39 Å². The largest absolute Gasteiger partial charge is 0.494 e. The maximum Gasteiger partial charge on any atom is 0.252 e. The Kier molecular flexibility index (Phi) is 7.81. The summed E-state index contributed by atoms with van der Waals surface area (Å²) in [6.07, 6.45) is 5.23. The number of benzene rings is 2. The molecule has 0 unspecified atom stereocenters. The topological polar surface area (TPSA) is 116 Å². The number of amides is 1. The molecule has 1 fully saturated rings. The number of imidazole rings is 1. The predicted molar refractivity (Wildman–Crippen MR) is 141 cm³/mol. The van der Waals surface area contributed by atoms with Crippen molar-refractivity contribution in [2.45, 2.75) is 18.9 Å². The highest BCUT2D eigenvalue weighted by Gasteiger charge is 2.39. The molecule has 0 spiro atoms. The molecule has 0 atom stereocenters. The van der Waals surface area contributed by atoms with Gasteiger partial charge in [-0.05, 0) is 42.3 Å². The second kappa shape index (κ2) is 10.9. The normalized spacial score (nSPS) is 13.9. The van der Waals surface area contributed by atoms with Gasteiger partial charge in [0.1, 0.15) is 0 Å². The van der Waals surface area contributed by atoms with Crippen LogP contribution in [0.4, 0.5) is 20.3 Å². The van der Waals surface area contributed by atoms with E-state index in [1.54, 1.807) is 22.7 Å². The van der Waals surface area contributed by atoms with Gasteiger partial charge in [-0.15, -0.1) is 12.4 Å². The van der Waals surface area contributed by atoms with Crippen LogP contribution in [0.3, 0.4) is 0 Å². The van der Waals surface area contributed by atoms with E-state index >= 15 is 0 Å². The summed E-state index contributed by atoms with van der Waals surface area (Å²) < 4.78 is 40.8. The van der Waals surface area contributed by atoms with Gasteiger partial charge in [0.25, 0.3) is 5.91 Å². The molecule has 38 heavy (non-hydrogen) atoms. The molecular formula is C26H27ClF2N6O3. The smallest absolute Gasteiger partial charge is 0.252 e. The third-order valence-corrected chi connectivity index (χ3v) is 6.49. The van der Waals surface area contributed by atoms with Gasteiger partial charge < -0.3 is 25.8 Å². The fraction of sp³-hybridized carbons (Fsp3) is 0.269. The lowest BCUT2D eigenvalue weighted by atomic mass is 9.96. The molecule has 1 amide bonds. The lowest BCUT2D eigenvalue weighted by Crippen LogP contribution is -2.66. The van der Waals surface area contributed by atoms with Gasteiger partial charge in [0.15, 0.2) is 23.0 Å². The predicted octanol–water partition coefficient (Wildman–Crippen LogP) is 3.87. The van der Waals surface area contributed by atoms with Gasteiger partial charge in [-0.1, -0.05) is 6.92 Å². The molecule has 2 aromatic heterocycles. The van der Waals surface area contributed by atoms with E-state index in [-0.39, 0.29) is 29.6 Å². The highest BCUT2D eigenvalue weighted by Crippen LogP contribution is 2.31. The van der Waals surface area contributed by atoms with Gasteiger partial charge >= 0.3 is 0 Å². The number of halogens is 3. The molecule has 9 nitrogen and oxygen atoms in total. The van der Waals surface area contributed by atoms with Gasteiger partial charge in [-0.3, -0.25) is 9.20 Å². The number of nitrogens with one attached hydrogen (secondary N) is 2. The van der Waals surface area contributed by atoms with E-state index in [1.807, 2.05) is 13.0 Å². The monoisotopic (exact) mass is 544 g/mol. The number of anilines is 2. The van der Waals surface area contributed by atoms with Crippen molar-refractivity contribution < 1.29 is 23.0 Å². The lowest BCUT2D eigenvalue weighted by Gasteiger charge is -2.41. The Bertz CT molecular complexity index is 1490. The van der Waals surface area contributed by atoms with Crippen molar-refractivity contribution >= 4 is 35.5 Å². The average molecular weight is 545 g/mol. The minimum atomic E-state index is -1.07. The van der Waals surface area contributed by atoms with Crippen molar-refractivity contribution in [3.05, 3.63) is 71.7 Å². The molecule has 0 bridgehead atoms. The number of hydrogen-bond donors (Lipinski definition) is 3. The molecule has 0 radical (unpaired) electrons. The van der Waals surface area contributed by atoms with Crippen LogP contribution in [0.5, 0.6) is 5.75 Å². The fourth-order valence-corrected chi connectivity index (χ4v) is 4.31. The molecular weight excluding hydrogens is 518 g/mol. The number of carbonyl (C=O) groups is 1. The number of hydrogen-bond acceptors (Lipinski definition) is 7. The number of nitrogens with zero attached hydrogens (tertiary/aromatic N) is 3. The minimum Gasteiger partial charge on any atom is -0.494 e. The first kappa shape index (κ1) is 27.2. The Morgan fingerprint density at radius 3 is 2.66 bits per heavy atom. The minimum absolute atomic E-state index is 0. The number of rotatable bonds is 8. The lowest BCUT2D eigenvalue weighted by molar-refractivity contribution is -0.0642. The fourth-order valence-electron chi connectivity index (χ4n) is 4.31. The first-order valence-corrected chi connectivity index (χ1v) is 11.7. The number of methoxy groups -OCH3 is 1. The quantitative estimate of drug-likeness (QED) is 0.308. The summed E-state index contributed by atoms with van der Waals surface area (Å²) >= 11 is 0. The summed E-state index contributed by atoms with van der Waals surface area (Å²) in [5.74, 6) is -2.07. The molecule has 1 aliphatic rings. The molecule has 1 aliphatic heterocycles. The van der Waals surface area contributed by atoms with Crippen molar-refractivity contribution in [2.24, 2.45) is 5.73 Å². The summed E-state index contributed by atoms with van der Waals surface area (Å²) in [4.78, 5) is 21.7. The standard InChI is InChI=1S/C26H26F2N6O3.ClH/c1-3-15-10-16(4-5-17(15)25(35)33-26(12-29)13-37-14-26)32-23-24-31-11-19(34(24)9-8-30-23)18-6-7-20(36-2)22(28)21(18)27;/h4-11H,3,12-14,29H2,1-2H3,(H,30,32)(H,33,35);1H. The van der Waals surface area contributed by atoms with E-state index in [9.17, 15) is 13.6 Å². The summed E-state index contributed by atoms with van der Waals surface area (Å²) in [5.41, 5.74) is 8.20. The van der Waals surface area contributed by atoms with Crippen LogP contribution < -0.4 is 21.1 Å². The SMILES string of the molecule is CCc1cc(Nc2nccn3c(-c4ccc(OC)c(F)c4F)cnc23)ccc1C(=O)NC1(CN)COC1.Cl. The van der Waals surface area contributed by atoms with E-state index in [1.165, 1.54) is 31.6 Å². The number of ether oxygens (including phenoxy) is 2. The van der Waals surface area contributed by atoms with Crippen molar-refractivity contribution in [1.29, 1.82) is 0 Å².